The van der Waals surface area contributed by atoms with Gasteiger partial charge in [0.1, 0.15) is 5.75 Å². The minimum absolute atomic E-state index is 0.175. The van der Waals surface area contributed by atoms with Gasteiger partial charge in [-0.1, -0.05) is 17.7 Å². The molecule has 0 aliphatic rings. The Morgan fingerprint density at radius 1 is 1.22 bits per heavy atom. The fraction of sp³-hybridized carbons (Fsp3) is 0.0667. The number of rotatable bonds is 3. The molecular formula is C15H10ClF3N2O2. The van der Waals surface area contributed by atoms with Crippen molar-refractivity contribution in [2.75, 3.05) is 0 Å². The van der Waals surface area contributed by atoms with Gasteiger partial charge in [0.15, 0.2) is 0 Å². The van der Waals surface area contributed by atoms with Crippen molar-refractivity contribution in [1.82, 2.24) is 5.43 Å². The van der Waals surface area contributed by atoms with Gasteiger partial charge in [0.05, 0.1) is 11.8 Å². The van der Waals surface area contributed by atoms with E-state index in [9.17, 15) is 23.1 Å². The van der Waals surface area contributed by atoms with Crippen LogP contribution in [-0.2, 0) is 6.18 Å². The van der Waals surface area contributed by atoms with Gasteiger partial charge in [0, 0.05) is 16.1 Å². The molecule has 8 heteroatoms. The van der Waals surface area contributed by atoms with Crippen molar-refractivity contribution < 1.29 is 23.1 Å². The highest BCUT2D eigenvalue weighted by molar-refractivity contribution is 6.30. The maximum Gasteiger partial charge on any atom is 0.416 e. The molecular weight excluding hydrogens is 333 g/mol. The summed E-state index contributed by atoms with van der Waals surface area (Å²) >= 11 is 5.74. The number of nitrogens with one attached hydrogen (secondary N) is 1. The third-order valence-electron chi connectivity index (χ3n) is 2.81. The predicted octanol–water partition coefficient (Wildman–Crippen LogP) is 3.83. The average molecular weight is 343 g/mol. The summed E-state index contributed by atoms with van der Waals surface area (Å²) in [6.45, 7) is 0. The quantitative estimate of drug-likeness (QED) is 0.658. The maximum atomic E-state index is 12.6. The van der Waals surface area contributed by atoms with Gasteiger partial charge >= 0.3 is 6.18 Å². The fourth-order valence-corrected chi connectivity index (χ4v) is 1.88. The van der Waals surface area contributed by atoms with Crippen LogP contribution in [-0.4, -0.2) is 17.2 Å². The van der Waals surface area contributed by atoms with Crippen LogP contribution in [0.5, 0.6) is 5.75 Å². The molecule has 2 aromatic rings. The molecule has 120 valence electrons. The highest BCUT2D eigenvalue weighted by atomic mass is 35.5. The van der Waals surface area contributed by atoms with Gasteiger partial charge in [-0.2, -0.15) is 18.3 Å². The number of carbonyl (C=O) groups is 1. The Morgan fingerprint density at radius 3 is 2.61 bits per heavy atom. The van der Waals surface area contributed by atoms with Crippen molar-refractivity contribution in [3.8, 4) is 5.75 Å². The van der Waals surface area contributed by atoms with Gasteiger partial charge < -0.3 is 5.11 Å². The Kier molecular flexibility index (Phi) is 4.90. The number of halogens is 4. The van der Waals surface area contributed by atoms with Crippen LogP contribution in [0.4, 0.5) is 13.2 Å². The van der Waals surface area contributed by atoms with E-state index < -0.39 is 23.4 Å². The number of phenolic OH excluding ortho intramolecular Hbond substituents is 1. The number of aromatic hydroxyl groups is 1. The summed E-state index contributed by atoms with van der Waals surface area (Å²) in [5.74, 6) is -0.978. The number of hydrazone groups is 1. The van der Waals surface area contributed by atoms with E-state index in [4.69, 9.17) is 11.6 Å². The first-order chi connectivity index (χ1) is 10.8. The van der Waals surface area contributed by atoms with Gasteiger partial charge in [0.25, 0.3) is 5.91 Å². The lowest BCUT2D eigenvalue weighted by Gasteiger charge is -2.08. The van der Waals surface area contributed by atoms with E-state index >= 15 is 0 Å². The molecule has 0 spiro atoms. The first-order valence-corrected chi connectivity index (χ1v) is 6.64. The van der Waals surface area contributed by atoms with Crippen LogP contribution in [0.1, 0.15) is 21.5 Å². The van der Waals surface area contributed by atoms with Crippen LogP contribution >= 0.6 is 11.6 Å². The van der Waals surface area contributed by atoms with Crippen LogP contribution in [0.25, 0.3) is 0 Å². The highest BCUT2D eigenvalue weighted by Crippen LogP contribution is 2.31. The van der Waals surface area contributed by atoms with Crippen LogP contribution in [0.3, 0.4) is 0 Å². The second-order valence-electron chi connectivity index (χ2n) is 4.48. The smallest absolute Gasteiger partial charge is 0.416 e. The van der Waals surface area contributed by atoms with Gasteiger partial charge in [-0.25, -0.2) is 5.43 Å². The maximum absolute atomic E-state index is 12.6. The zero-order valence-electron chi connectivity index (χ0n) is 11.4. The summed E-state index contributed by atoms with van der Waals surface area (Å²) in [6, 6.07) is 8.44. The Labute approximate surface area is 134 Å². The number of carbonyl (C=O) groups excluding carboxylic acids is 1. The number of hydrogen-bond acceptors (Lipinski definition) is 3. The lowest BCUT2D eigenvalue weighted by molar-refractivity contribution is -0.137. The number of alkyl halides is 3. The average Bonchev–Trinajstić information content (AvgIpc) is 2.47. The molecule has 0 saturated carbocycles. The Morgan fingerprint density at radius 2 is 1.96 bits per heavy atom. The molecule has 2 aromatic carbocycles. The topological polar surface area (TPSA) is 61.7 Å². The molecule has 0 aliphatic carbocycles. The SMILES string of the molecule is O=C(N/N=C/c1cc(C(F)(F)F)ccc1O)c1cccc(Cl)c1. The number of nitrogens with zero attached hydrogens (tertiary/aromatic N) is 1. The molecule has 1 amide bonds. The summed E-state index contributed by atoms with van der Waals surface area (Å²) < 4.78 is 37.8. The molecule has 0 saturated heterocycles. The summed E-state index contributed by atoms with van der Waals surface area (Å²) in [5.41, 5.74) is 1.27. The summed E-state index contributed by atoms with van der Waals surface area (Å²) in [5, 5.41) is 13.4. The number of amides is 1. The monoisotopic (exact) mass is 342 g/mol. The third-order valence-corrected chi connectivity index (χ3v) is 3.05. The van der Waals surface area contributed by atoms with Crippen molar-refractivity contribution in [2.24, 2.45) is 5.10 Å². The number of hydrogen-bond donors (Lipinski definition) is 2. The number of benzene rings is 2. The van der Waals surface area contributed by atoms with E-state index in [0.29, 0.717) is 5.02 Å². The van der Waals surface area contributed by atoms with Crippen LogP contribution < -0.4 is 5.43 Å². The van der Waals surface area contributed by atoms with Gasteiger partial charge in [-0.15, -0.1) is 0 Å². The van der Waals surface area contributed by atoms with Crippen LogP contribution in [0.2, 0.25) is 5.02 Å². The van der Waals surface area contributed by atoms with E-state index in [1.165, 1.54) is 12.1 Å². The molecule has 0 aliphatic heterocycles. The number of phenols is 1. The molecule has 2 rings (SSSR count). The van der Waals surface area contributed by atoms with Gasteiger partial charge in [-0.3, -0.25) is 4.79 Å². The van der Waals surface area contributed by atoms with Crippen molar-refractivity contribution >= 4 is 23.7 Å². The van der Waals surface area contributed by atoms with Crippen LogP contribution in [0, 0.1) is 0 Å². The van der Waals surface area contributed by atoms with Gasteiger partial charge in [0.2, 0.25) is 0 Å². The molecule has 0 bridgehead atoms. The largest absolute Gasteiger partial charge is 0.507 e. The van der Waals surface area contributed by atoms with E-state index in [1.54, 1.807) is 12.1 Å². The fourth-order valence-electron chi connectivity index (χ4n) is 1.69. The summed E-state index contributed by atoms with van der Waals surface area (Å²) in [4.78, 5) is 11.8. The standard InChI is InChI=1S/C15H10ClF3N2O2/c16-12-3-1-2-9(7-12)14(23)21-20-8-10-6-11(15(17,18)19)4-5-13(10)22/h1-8,22H,(H,21,23)/b20-8+. The zero-order valence-corrected chi connectivity index (χ0v) is 12.2. The normalized spacial score (nSPS) is 11.7. The van der Waals surface area contributed by atoms with Crippen molar-refractivity contribution in [3.05, 3.63) is 64.2 Å². The zero-order chi connectivity index (χ0) is 17.0. The van der Waals surface area contributed by atoms with E-state index in [1.807, 2.05) is 0 Å². The third kappa shape index (κ3) is 4.46. The first kappa shape index (κ1) is 16.8. The van der Waals surface area contributed by atoms with Crippen LogP contribution in [0.15, 0.2) is 47.6 Å². The Hall–Kier alpha value is -2.54. The second kappa shape index (κ2) is 6.70. The van der Waals surface area contributed by atoms with Gasteiger partial charge in [-0.05, 0) is 36.4 Å². The summed E-state index contributed by atoms with van der Waals surface area (Å²) in [6.07, 6.45) is -3.62. The molecule has 0 radical (unpaired) electrons. The molecule has 4 nitrogen and oxygen atoms in total. The molecule has 0 fully saturated rings. The molecule has 0 unspecified atom stereocenters. The van der Waals surface area contributed by atoms with E-state index in [0.717, 1.165) is 24.4 Å². The first-order valence-electron chi connectivity index (χ1n) is 6.26. The van der Waals surface area contributed by atoms with Crippen molar-refractivity contribution in [3.63, 3.8) is 0 Å². The molecule has 2 N–H and O–H groups in total. The van der Waals surface area contributed by atoms with Crippen molar-refractivity contribution in [1.29, 1.82) is 0 Å². The summed E-state index contributed by atoms with van der Waals surface area (Å²) in [7, 11) is 0. The van der Waals surface area contributed by atoms with Crippen molar-refractivity contribution in [2.45, 2.75) is 6.18 Å². The molecule has 23 heavy (non-hydrogen) atoms. The minimum atomic E-state index is -4.54. The second-order valence-corrected chi connectivity index (χ2v) is 4.92. The lowest BCUT2D eigenvalue weighted by atomic mass is 10.1. The molecule has 0 atom stereocenters. The lowest BCUT2D eigenvalue weighted by Crippen LogP contribution is -2.17. The van der Waals surface area contributed by atoms with E-state index in [2.05, 4.69) is 10.5 Å². The Balaban J connectivity index is 2.13. The Bertz CT molecular complexity index is 761. The predicted molar refractivity (Wildman–Crippen MR) is 79.6 cm³/mol. The highest BCUT2D eigenvalue weighted by Gasteiger charge is 2.30. The minimum Gasteiger partial charge on any atom is -0.507 e. The molecule has 0 heterocycles. The van der Waals surface area contributed by atoms with E-state index in [-0.39, 0.29) is 11.1 Å². The molecule has 0 aromatic heterocycles.